The molecule has 1 heterocycles. The van der Waals surface area contributed by atoms with Crippen molar-refractivity contribution in [2.45, 2.75) is 52.0 Å². The predicted octanol–water partition coefficient (Wildman–Crippen LogP) is 6.58. The Morgan fingerprint density at radius 1 is 0.964 bits per heavy atom. The lowest BCUT2D eigenvalue weighted by molar-refractivity contribution is 0.145. The van der Waals surface area contributed by atoms with Crippen LogP contribution in [-0.4, -0.2) is 12.6 Å². The molecule has 156 valence electrons. The Labute approximate surface area is 195 Å². The SMILES string of the molecule is CC1(C)C[C@H]2CCCC[C@@H]2N(c2ccc3cc(C#N)ccc3c2)C1.Cl.Cl.S.S. The molecule has 2 fully saturated rings. The second-order valence-corrected chi connectivity index (χ2v) is 8.47. The highest BCUT2D eigenvalue weighted by Crippen LogP contribution is 2.44. The van der Waals surface area contributed by atoms with E-state index < -0.39 is 0 Å². The van der Waals surface area contributed by atoms with E-state index in [0.29, 0.717) is 11.5 Å². The maximum Gasteiger partial charge on any atom is 0.0991 e. The Morgan fingerprint density at radius 3 is 2.32 bits per heavy atom. The molecule has 2 atom stereocenters. The van der Waals surface area contributed by atoms with Crippen LogP contribution in [0.4, 0.5) is 5.69 Å². The van der Waals surface area contributed by atoms with Crippen LogP contribution in [0.1, 0.15) is 51.5 Å². The van der Waals surface area contributed by atoms with E-state index in [4.69, 9.17) is 5.26 Å². The molecule has 1 aliphatic heterocycles. The number of nitriles is 1. The Morgan fingerprint density at radius 2 is 1.61 bits per heavy atom. The van der Waals surface area contributed by atoms with E-state index in [1.807, 2.05) is 12.1 Å². The summed E-state index contributed by atoms with van der Waals surface area (Å²) in [5.74, 6) is 0.846. The number of rotatable bonds is 1. The van der Waals surface area contributed by atoms with Crippen molar-refractivity contribution >= 4 is 68.3 Å². The minimum absolute atomic E-state index is 0. The molecule has 0 bridgehead atoms. The first kappa shape index (κ1) is 27.3. The molecule has 0 unspecified atom stereocenters. The van der Waals surface area contributed by atoms with E-state index in [9.17, 15) is 0 Å². The van der Waals surface area contributed by atoms with Crippen molar-refractivity contribution in [2.24, 2.45) is 11.3 Å². The summed E-state index contributed by atoms with van der Waals surface area (Å²) in [6, 6.07) is 15.7. The van der Waals surface area contributed by atoms with Crippen LogP contribution in [0.25, 0.3) is 10.8 Å². The number of fused-ring (bicyclic) bond motifs is 2. The number of piperidine rings is 1. The quantitative estimate of drug-likeness (QED) is 0.482. The van der Waals surface area contributed by atoms with Crippen LogP contribution in [-0.2, 0) is 0 Å². The van der Waals surface area contributed by atoms with E-state index in [-0.39, 0.29) is 51.8 Å². The van der Waals surface area contributed by atoms with Gasteiger partial charge in [0.1, 0.15) is 0 Å². The summed E-state index contributed by atoms with van der Waals surface area (Å²) in [6.07, 6.45) is 6.88. The number of benzene rings is 2. The van der Waals surface area contributed by atoms with Gasteiger partial charge < -0.3 is 4.90 Å². The lowest BCUT2D eigenvalue weighted by Gasteiger charge is -2.51. The van der Waals surface area contributed by atoms with E-state index in [2.05, 4.69) is 49.1 Å². The minimum Gasteiger partial charge on any atom is -0.368 e. The van der Waals surface area contributed by atoms with Crippen LogP contribution in [0, 0.1) is 22.7 Å². The van der Waals surface area contributed by atoms with Crippen LogP contribution < -0.4 is 4.90 Å². The van der Waals surface area contributed by atoms with E-state index in [1.54, 1.807) is 0 Å². The zero-order valence-electron chi connectivity index (χ0n) is 16.6. The van der Waals surface area contributed by atoms with Crippen molar-refractivity contribution in [1.29, 1.82) is 5.26 Å². The molecule has 1 saturated carbocycles. The van der Waals surface area contributed by atoms with Gasteiger partial charge in [-0.05, 0) is 65.6 Å². The maximum absolute atomic E-state index is 9.08. The molecule has 2 aliphatic rings. The molecular formula is C22H32Cl2N2S2. The van der Waals surface area contributed by atoms with Gasteiger partial charge >= 0.3 is 0 Å². The average Bonchev–Trinajstić information content (AvgIpc) is 2.59. The third-order valence-electron chi connectivity index (χ3n) is 5.97. The summed E-state index contributed by atoms with van der Waals surface area (Å²) in [6.45, 7) is 5.99. The van der Waals surface area contributed by atoms with Crippen LogP contribution in [0.3, 0.4) is 0 Å². The van der Waals surface area contributed by atoms with Crippen molar-refractivity contribution in [3.8, 4) is 6.07 Å². The first-order valence-corrected chi connectivity index (χ1v) is 9.26. The third kappa shape index (κ3) is 5.45. The fourth-order valence-corrected chi connectivity index (χ4v) is 4.95. The second-order valence-electron chi connectivity index (χ2n) is 8.47. The van der Waals surface area contributed by atoms with Gasteiger partial charge in [-0.15, -0.1) is 24.8 Å². The molecule has 0 aromatic heterocycles. The molecule has 1 saturated heterocycles. The van der Waals surface area contributed by atoms with Crippen molar-refractivity contribution in [3.05, 3.63) is 42.0 Å². The fraction of sp³-hybridized carbons (Fsp3) is 0.500. The van der Waals surface area contributed by atoms with Gasteiger partial charge in [-0.1, -0.05) is 38.8 Å². The topological polar surface area (TPSA) is 27.0 Å². The highest BCUT2D eigenvalue weighted by atomic mass is 35.5. The van der Waals surface area contributed by atoms with Crippen LogP contribution in [0.2, 0.25) is 0 Å². The highest BCUT2D eigenvalue weighted by Gasteiger charge is 2.40. The summed E-state index contributed by atoms with van der Waals surface area (Å²) in [7, 11) is 0. The van der Waals surface area contributed by atoms with Gasteiger partial charge in [-0.25, -0.2) is 0 Å². The zero-order valence-corrected chi connectivity index (χ0v) is 20.2. The standard InChI is InChI=1S/C22H26N2.2ClH.2H2S/c1-22(2)13-19-5-3-4-6-21(19)24(15-22)20-10-9-17-11-16(14-23)7-8-18(17)12-20;;;;/h7-12,19,21H,3-6,13,15H2,1-2H3;2*1H;2*1H2/t19-,21+;;;;/m1..../s1. The predicted molar refractivity (Wildman–Crippen MR) is 135 cm³/mol. The fourth-order valence-electron chi connectivity index (χ4n) is 4.95. The van der Waals surface area contributed by atoms with E-state index in [1.165, 1.54) is 43.2 Å². The summed E-state index contributed by atoms with van der Waals surface area (Å²) in [5.41, 5.74) is 2.48. The van der Waals surface area contributed by atoms with Gasteiger partial charge in [-0.2, -0.15) is 32.3 Å². The maximum atomic E-state index is 9.08. The first-order valence-electron chi connectivity index (χ1n) is 9.26. The highest BCUT2D eigenvalue weighted by molar-refractivity contribution is 7.59. The van der Waals surface area contributed by atoms with E-state index in [0.717, 1.165) is 23.4 Å². The lowest BCUT2D eigenvalue weighted by Crippen LogP contribution is -2.53. The molecule has 4 rings (SSSR count). The molecule has 0 radical (unpaired) electrons. The molecule has 2 nitrogen and oxygen atoms in total. The van der Waals surface area contributed by atoms with Crippen LogP contribution in [0.15, 0.2) is 36.4 Å². The largest absolute Gasteiger partial charge is 0.368 e. The number of anilines is 1. The molecule has 0 N–H and O–H groups in total. The summed E-state index contributed by atoms with van der Waals surface area (Å²) in [5, 5.41) is 11.5. The number of nitrogens with zero attached hydrogens (tertiary/aromatic N) is 2. The number of hydrogen-bond donors (Lipinski definition) is 0. The van der Waals surface area contributed by atoms with Gasteiger partial charge in [0.2, 0.25) is 0 Å². The summed E-state index contributed by atoms with van der Waals surface area (Å²) < 4.78 is 0. The molecule has 0 spiro atoms. The molecule has 6 heteroatoms. The van der Waals surface area contributed by atoms with E-state index >= 15 is 0 Å². The third-order valence-corrected chi connectivity index (χ3v) is 5.97. The zero-order chi connectivity index (χ0) is 16.7. The summed E-state index contributed by atoms with van der Waals surface area (Å²) >= 11 is 0. The van der Waals surface area contributed by atoms with Gasteiger partial charge in [-0.3, -0.25) is 0 Å². The van der Waals surface area contributed by atoms with Crippen LogP contribution in [0.5, 0.6) is 0 Å². The molecule has 2 aromatic carbocycles. The Kier molecular flexibility index (Phi) is 10.6. The monoisotopic (exact) mass is 458 g/mol. The molecular weight excluding hydrogens is 427 g/mol. The van der Waals surface area contributed by atoms with Gasteiger partial charge in [0.25, 0.3) is 0 Å². The van der Waals surface area contributed by atoms with Gasteiger partial charge in [0.05, 0.1) is 11.6 Å². The average molecular weight is 460 g/mol. The second kappa shape index (κ2) is 10.9. The number of hydrogen-bond acceptors (Lipinski definition) is 2. The molecule has 1 aliphatic carbocycles. The first-order chi connectivity index (χ1) is 11.6. The minimum atomic E-state index is 0. The molecule has 0 amide bonds. The molecule has 28 heavy (non-hydrogen) atoms. The normalized spacial score (nSPS) is 22.2. The Hall–Kier alpha value is -0.730. The van der Waals surface area contributed by atoms with Crippen molar-refractivity contribution in [2.75, 3.05) is 11.4 Å². The van der Waals surface area contributed by atoms with Gasteiger partial charge in [0.15, 0.2) is 0 Å². The van der Waals surface area contributed by atoms with Crippen molar-refractivity contribution < 1.29 is 0 Å². The Bertz CT molecular complexity index is 820. The summed E-state index contributed by atoms with van der Waals surface area (Å²) in [4.78, 5) is 2.69. The van der Waals surface area contributed by atoms with Gasteiger partial charge in [0, 0.05) is 18.3 Å². The Balaban J connectivity index is 0.00000182. The lowest BCUT2D eigenvalue weighted by atomic mass is 9.69. The van der Waals surface area contributed by atoms with Crippen molar-refractivity contribution in [3.63, 3.8) is 0 Å². The smallest absolute Gasteiger partial charge is 0.0991 e. The molecule has 2 aromatic rings. The van der Waals surface area contributed by atoms with Crippen molar-refractivity contribution in [1.82, 2.24) is 0 Å². The van der Waals surface area contributed by atoms with Crippen LogP contribution >= 0.6 is 51.8 Å². The number of halogens is 2.